The van der Waals surface area contributed by atoms with E-state index in [-0.39, 0.29) is 16.3 Å². The van der Waals surface area contributed by atoms with Gasteiger partial charge in [-0.15, -0.1) is 11.3 Å². The number of sulfonamides is 1. The number of nitrogens with one attached hydrogen (secondary N) is 2. The predicted molar refractivity (Wildman–Crippen MR) is 110 cm³/mol. The first-order valence-corrected chi connectivity index (χ1v) is 11.1. The molecule has 0 spiro atoms. The van der Waals surface area contributed by atoms with Gasteiger partial charge in [0.1, 0.15) is 4.21 Å². The summed E-state index contributed by atoms with van der Waals surface area (Å²) in [7, 11) is -3.68. The summed E-state index contributed by atoms with van der Waals surface area (Å²) in [5.74, 6) is -0.530. The van der Waals surface area contributed by atoms with Gasteiger partial charge in [-0.05, 0) is 47.3 Å². The second-order valence-corrected chi connectivity index (χ2v) is 9.42. The Bertz CT molecular complexity index is 1150. The van der Waals surface area contributed by atoms with Gasteiger partial charge in [-0.1, -0.05) is 29.8 Å². The van der Waals surface area contributed by atoms with E-state index in [4.69, 9.17) is 11.6 Å². The molecular formula is C19H14ClF3N2O3S2. The lowest BCUT2D eigenvalue weighted by Crippen LogP contribution is -2.15. The summed E-state index contributed by atoms with van der Waals surface area (Å²) in [5.41, 5.74) is -0.196. The number of thiophene rings is 1. The van der Waals surface area contributed by atoms with Crippen LogP contribution < -0.4 is 10.0 Å². The summed E-state index contributed by atoms with van der Waals surface area (Å²) in [6, 6.07) is 12.3. The van der Waals surface area contributed by atoms with Gasteiger partial charge in [0, 0.05) is 11.4 Å². The van der Waals surface area contributed by atoms with E-state index in [9.17, 15) is 26.4 Å². The Kier molecular flexibility index (Phi) is 6.39. The second kappa shape index (κ2) is 8.66. The molecule has 3 aromatic rings. The monoisotopic (exact) mass is 474 g/mol. The van der Waals surface area contributed by atoms with E-state index in [0.29, 0.717) is 11.3 Å². The highest BCUT2D eigenvalue weighted by Gasteiger charge is 2.33. The van der Waals surface area contributed by atoms with E-state index in [0.717, 1.165) is 23.5 Å². The maximum Gasteiger partial charge on any atom is 0.417 e. The van der Waals surface area contributed by atoms with Gasteiger partial charge < -0.3 is 5.32 Å². The second-order valence-electron chi connectivity index (χ2n) is 6.15. The van der Waals surface area contributed by atoms with Crippen molar-refractivity contribution in [3.63, 3.8) is 0 Å². The fourth-order valence-corrected chi connectivity index (χ4v) is 4.80. The van der Waals surface area contributed by atoms with Crippen molar-refractivity contribution in [2.24, 2.45) is 0 Å². The van der Waals surface area contributed by atoms with Gasteiger partial charge >= 0.3 is 6.18 Å². The molecule has 0 fully saturated rings. The van der Waals surface area contributed by atoms with Crippen molar-refractivity contribution in [2.45, 2.75) is 16.8 Å². The summed E-state index contributed by atoms with van der Waals surface area (Å²) < 4.78 is 65.7. The molecule has 3 rings (SSSR count). The van der Waals surface area contributed by atoms with Crippen LogP contribution in [0.2, 0.25) is 5.02 Å². The lowest BCUT2D eigenvalue weighted by Gasteiger charge is -2.12. The molecule has 0 saturated heterocycles. The SMILES string of the molecule is O=C(Cc1ccc(NS(=O)(=O)c2cccs2)cc1)Nc1ccc(Cl)c(C(F)(F)F)c1. The number of anilines is 2. The van der Waals surface area contributed by atoms with Crippen molar-refractivity contribution in [1.29, 1.82) is 0 Å². The number of halogens is 4. The molecule has 0 aliphatic carbocycles. The van der Waals surface area contributed by atoms with Gasteiger partial charge in [-0.25, -0.2) is 8.42 Å². The van der Waals surface area contributed by atoms with Crippen LogP contribution in [0.5, 0.6) is 0 Å². The van der Waals surface area contributed by atoms with E-state index < -0.39 is 32.7 Å². The van der Waals surface area contributed by atoms with Crippen molar-refractivity contribution in [3.05, 3.63) is 76.1 Å². The first-order chi connectivity index (χ1) is 14.0. The van der Waals surface area contributed by atoms with Crippen molar-refractivity contribution in [3.8, 4) is 0 Å². The van der Waals surface area contributed by atoms with Crippen LogP contribution in [-0.4, -0.2) is 14.3 Å². The number of hydrogen-bond acceptors (Lipinski definition) is 4. The van der Waals surface area contributed by atoms with Crippen LogP contribution in [-0.2, 0) is 27.4 Å². The Labute approximate surface area is 179 Å². The number of rotatable bonds is 6. The highest BCUT2D eigenvalue weighted by Crippen LogP contribution is 2.36. The van der Waals surface area contributed by atoms with Crippen LogP contribution in [0.4, 0.5) is 24.5 Å². The Morgan fingerprint density at radius 3 is 2.30 bits per heavy atom. The van der Waals surface area contributed by atoms with Crippen molar-refractivity contribution in [2.75, 3.05) is 10.0 Å². The molecule has 2 N–H and O–H groups in total. The molecule has 0 unspecified atom stereocenters. The van der Waals surface area contributed by atoms with Crippen molar-refractivity contribution >= 4 is 50.2 Å². The Morgan fingerprint density at radius 2 is 1.70 bits per heavy atom. The van der Waals surface area contributed by atoms with Gasteiger partial charge in [0.2, 0.25) is 5.91 Å². The van der Waals surface area contributed by atoms with Crippen LogP contribution in [0.15, 0.2) is 64.2 Å². The highest BCUT2D eigenvalue weighted by molar-refractivity contribution is 7.94. The zero-order valence-electron chi connectivity index (χ0n) is 15.0. The largest absolute Gasteiger partial charge is 0.417 e. The van der Waals surface area contributed by atoms with Gasteiger partial charge in [0.05, 0.1) is 17.0 Å². The van der Waals surface area contributed by atoms with Gasteiger partial charge in [0.25, 0.3) is 10.0 Å². The maximum atomic E-state index is 12.9. The minimum absolute atomic E-state index is 0.0305. The zero-order valence-corrected chi connectivity index (χ0v) is 17.4. The minimum Gasteiger partial charge on any atom is -0.326 e. The third-order valence-corrected chi connectivity index (χ3v) is 6.99. The molecule has 1 heterocycles. The molecule has 1 amide bonds. The lowest BCUT2D eigenvalue weighted by molar-refractivity contribution is -0.137. The molecule has 0 bridgehead atoms. The van der Waals surface area contributed by atoms with Crippen LogP contribution in [0, 0.1) is 0 Å². The number of hydrogen-bond donors (Lipinski definition) is 2. The van der Waals surface area contributed by atoms with Crippen molar-refractivity contribution < 1.29 is 26.4 Å². The van der Waals surface area contributed by atoms with E-state index in [1.54, 1.807) is 23.6 Å². The van der Waals surface area contributed by atoms with Crippen LogP contribution >= 0.6 is 22.9 Å². The van der Waals surface area contributed by atoms with Crippen LogP contribution in [0.1, 0.15) is 11.1 Å². The summed E-state index contributed by atoms with van der Waals surface area (Å²) in [6.45, 7) is 0. The molecule has 5 nitrogen and oxygen atoms in total. The van der Waals surface area contributed by atoms with Crippen molar-refractivity contribution in [1.82, 2.24) is 0 Å². The summed E-state index contributed by atoms with van der Waals surface area (Å²) in [6.07, 6.45) is -4.74. The fourth-order valence-electron chi connectivity index (χ4n) is 2.52. The number of alkyl halides is 3. The van der Waals surface area contributed by atoms with E-state index in [1.807, 2.05) is 0 Å². The van der Waals surface area contributed by atoms with Gasteiger partial charge in [0.15, 0.2) is 0 Å². The standard InChI is InChI=1S/C19H14ClF3N2O3S2/c20-16-8-7-14(11-15(16)19(21,22)23)24-17(26)10-12-3-5-13(6-4-12)25-30(27,28)18-2-1-9-29-18/h1-9,11,25H,10H2,(H,24,26). The average molecular weight is 475 g/mol. The highest BCUT2D eigenvalue weighted by atomic mass is 35.5. The molecule has 0 saturated carbocycles. The number of benzene rings is 2. The Balaban J connectivity index is 1.64. The summed E-state index contributed by atoms with van der Waals surface area (Å²) >= 11 is 6.64. The molecule has 0 radical (unpaired) electrons. The average Bonchev–Trinajstić information content (AvgIpc) is 3.19. The number of amides is 1. The Hall–Kier alpha value is -2.56. The predicted octanol–water partition coefficient (Wildman–Crippen LogP) is 5.40. The quantitative estimate of drug-likeness (QED) is 0.502. The zero-order chi connectivity index (χ0) is 21.9. The first-order valence-electron chi connectivity index (χ1n) is 8.36. The molecule has 0 atom stereocenters. The molecule has 158 valence electrons. The molecule has 2 aromatic carbocycles. The van der Waals surface area contributed by atoms with E-state index in [2.05, 4.69) is 10.0 Å². The van der Waals surface area contributed by atoms with Crippen LogP contribution in [0.3, 0.4) is 0 Å². The summed E-state index contributed by atoms with van der Waals surface area (Å²) in [4.78, 5) is 12.2. The number of carbonyl (C=O) groups is 1. The first kappa shape index (κ1) is 22.1. The van der Waals surface area contributed by atoms with Gasteiger partial charge in [-0.2, -0.15) is 13.2 Å². The topological polar surface area (TPSA) is 75.3 Å². The maximum absolute atomic E-state index is 12.9. The van der Waals surface area contributed by atoms with E-state index in [1.165, 1.54) is 24.3 Å². The fraction of sp³-hybridized carbons (Fsp3) is 0.105. The third kappa shape index (κ3) is 5.53. The third-order valence-electron chi connectivity index (χ3n) is 3.89. The summed E-state index contributed by atoms with van der Waals surface area (Å²) in [5, 5.41) is 3.58. The number of carbonyl (C=O) groups excluding carboxylic acids is 1. The molecule has 1 aromatic heterocycles. The smallest absolute Gasteiger partial charge is 0.326 e. The lowest BCUT2D eigenvalue weighted by atomic mass is 10.1. The van der Waals surface area contributed by atoms with Gasteiger partial charge in [-0.3, -0.25) is 9.52 Å². The Morgan fingerprint density at radius 1 is 1.03 bits per heavy atom. The molecule has 30 heavy (non-hydrogen) atoms. The molecular weight excluding hydrogens is 461 g/mol. The minimum atomic E-state index is -4.63. The molecule has 0 aliphatic heterocycles. The van der Waals surface area contributed by atoms with E-state index >= 15 is 0 Å². The molecule has 11 heteroatoms. The normalized spacial score (nSPS) is 11.9. The molecule has 0 aliphatic rings. The van der Waals surface area contributed by atoms with Crippen LogP contribution in [0.25, 0.3) is 0 Å².